The van der Waals surface area contributed by atoms with Crippen molar-refractivity contribution in [1.29, 1.82) is 0 Å². The quantitative estimate of drug-likeness (QED) is 0.326. The van der Waals surface area contributed by atoms with Gasteiger partial charge in [-0.15, -0.1) is 0 Å². The van der Waals surface area contributed by atoms with Crippen LogP contribution in [0.2, 0.25) is 0 Å². The van der Waals surface area contributed by atoms with Crippen molar-refractivity contribution in [3.63, 3.8) is 0 Å². The van der Waals surface area contributed by atoms with Crippen molar-refractivity contribution in [3.8, 4) is 0 Å². The van der Waals surface area contributed by atoms with Gasteiger partial charge in [-0.1, -0.05) is 35.9 Å². The van der Waals surface area contributed by atoms with Gasteiger partial charge >= 0.3 is 5.97 Å². The molecule has 22 heavy (non-hydrogen) atoms. The number of esters is 1. The van der Waals surface area contributed by atoms with Crippen LogP contribution in [0.4, 0.5) is 0 Å². The van der Waals surface area contributed by atoms with Crippen LogP contribution in [0.15, 0.2) is 12.2 Å². The standard InChI is InChI=1S/C17H25BrO4/c1-12(19)20-11-16-6-8-17(9-7-16,22-21-16)13-4-5-14(18)15(2,3)10-13/h6,8,13-14H,4-5,7,9-11H2,1-3H3/t13-,14-,16?,17+/m0/s1. The molecule has 0 aromatic heterocycles. The molecule has 5 heteroatoms. The molecule has 2 fully saturated rings. The third-order valence-electron chi connectivity index (χ3n) is 5.57. The van der Waals surface area contributed by atoms with Gasteiger partial charge in [0.25, 0.3) is 0 Å². The van der Waals surface area contributed by atoms with Crippen molar-refractivity contribution in [2.75, 3.05) is 6.61 Å². The van der Waals surface area contributed by atoms with Crippen molar-refractivity contribution in [2.45, 2.75) is 68.9 Å². The van der Waals surface area contributed by atoms with Crippen molar-refractivity contribution in [3.05, 3.63) is 12.2 Å². The summed E-state index contributed by atoms with van der Waals surface area (Å²) in [6, 6.07) is 0. The van der Waals surface area contributed by atoms with E-state index in [0.29, 0.717) is 10.7 Å². The van der Waals surface area contributed by atoms with E-state index in [2.05, 4.69) is 41.9 Å². The zero-order valence-electron chi connectivity index (χ0n) is 13.6. The summed E-state index contributed by atoms with van der Waals surface area (Å²) in [6.45, 7) is 6.28. The molecule has 0 aromatic rings. The first-order valence-electron chi connectivity index (χ1n) is 8.12. The topological polar surface area (TPSA) is 44.8 Å². The van der Waals surface area contributed by atoms with Crippen molar-refractivity contribution in [1.82, 2.24) is 0 Å². The van der Waals surface area contributed by atoms with Gasteiger partial charge < -0.3 is 4.74 Å². The molecule has 4 nitrogen and oxygen atoms in total. The van der Waals surface area contributed by atoms with Crippen LogP contribution < -0.4 is 0 Å². The fourth-order valence-corrected chi connectivity index (χ4v) is 4.41. The van der Waals surface area contributed by atoms with Crippen LogP contribution in [0.25, 0.3) is 0 Å². The summed E-state index contributed by atoms with van der Waals surface area (Å²) in [5.41, 5.74) is -0.628. The molecule has 124 valence electrons. The predicted octanol–water partition coefficient (Wildman–Crippen LogP) is 3.93. The Morgan fingerprint density at radius 3 is 2.55 bits per heavy atom. The van der Waals surface area contributed by atoms with Gasteiger partial charge in [-0.05, 0) is 49.5 Å². The summed E-state index contributed by atoms with van der Waals surface area (Å²) in [4.78, 5) is 23.2. The Hall–Kier alpha value is -0.390. The van der Waals surface area contributed by atoms with Crippen LogP contribution in [-0.4, -0.2) is 28.6 Å². The molecule has 4 aliphatic rings. The molecule has 2 aliphatic carbocycles. The molecule has 2 heterocycles. The van der Waals surface area contributed by atoms with Gasteiger partial charge in [0.05, 0.1) is 0 Å². The third kappa shape index (κ3) is 2.87. The lowest BCUT2D eigenvalue weighted by atomic mass is 9.63. The number of ether oxygens (including phenoxy) is 1. The van der Waals surface area contributed by atoms with E-state index in [-0.39, 0.29) is 23.6 Å². The van der Waals surface area contributed by atoms with Crippen LogP contribution in [0.5, 0.6) is 0 Å². The fourth-order valence-electron chi connectivity index (χ4n) is 3.96. The molecule has 1 saturated heterocycles. The summed E-state index contributed by atoms with van der Waals surface area (Å²) >= 11 is 3.81. The molecule has 0 amide bonds. The number of carbonyl (C=O) groups excluding carboxylic acids is 1. The predicted molar refractivity (Wildman–Crippen MR) is 86.5 cm³/mol. The molecule has 1 saturated carbocycles. The highest BCUT2D eigenvalue weighted by atomic mass is 79.9. The van der Waals surface area contributed by atoms with Gasteiger partial charge in [0.2, 0.25) is 0 Å². The summed E-state index contributed by atoms with van der Waals surface area (Å²) in [7, 11) is 0. The Morgan fingerprint density at radius 1 is 1.27 bits per heavy atom. The van der Waals surface area contributed by atoms with Crippen molar-refractivity contribution >= 4 is 21.9 Å². The maximum atomic E-state index is 11.0. The van der Waals surface area contributed by atoms with Crippen molar-refractivity contribution < 1.29 is 19.3 Å². The van der Waals surface area contributed by atoms with Gasteiger partial charge in [0, 0.05) is 11.8 Å². The third-order valence-corrected chi connectivity index (χ3v) is 7.27. The molecule has 2 bridgehead atoms. The molecule has 0 aromatic carbocycles. The zero-order chi connectivity index (χ0) is 16.0. The Morgan fingerprint density at radius 2 is 2.05 bits per heavy atom. The number of alkyl halides is 1. The van der Waals surface area contributed by atoms with E-state index in [1.165, 1.54) is 6.92 Å². The Labute approximate surface area is 140 Å². The molecule has 0 radical (unpaired) electrons. The minimum atomic E-state index is -0.588. The van der Waals surface area contributed by atoms with E-state index < -0.39 is 5.60 Å². The van der Waals surface area contributed by atoms with Gasteiger partial charge in [-0.2, -0.15) is 0 Å². The van der Waals surface area contributed by atoms with E-state index in [1.54, 1.807) is 0 Å². The Kier molecular flexibility index (Phi) is 4.19. The van der Waals surface area contributed by atoms with Crippen LogP contribution in [0, 0.1) is 11.3 Å². The van der Waals surface area contributed by atoms with E-state index >= 15 is 0 Å². The molecule has 0 N–H and O–H groups in total. The van der Waals surface area contributed by atoms with Gasteiger partial charge in [-0.3, -0.25) is 4.79 Å². The Bertz CT molecular complexity index is 477. The SMILES string of the molecule is CC(=O)OCC12C=C[C@]([C@H]3CC[C@H](Br)C(C)(C)C3)(CC1)OO2. The molecule has 4 atom stereocenters. The summed E-state index contributed by atoms with van der Waals surface area (Å²) in [5.74, 6) is 0.186. The monoisotopic (exact) mass is 372 g/mol. The zero-order valence-corrected chi connectivity index (χ0v) is 15.1. The van der Waals surface area contributed by atoms with Crippen LogP contribution in [0.3, 0.4) is 0 Å². The normalized spacial score (nSPS) is 43.1. The van der Waals surface area contributed by atoms with Gasteiger partial charge in [0.15, 0.2) is 5.60 Å². The highest BCUT2D eigenvalue weighted by Crippen LogP contribution is 2.53. The first kappa shape index (κ1) is 16.5. The number of hydrogen-bond donors (Lipinski definition) is 0. The molecule has 4 rings (SSSR count). The van der Waals surface area contributed by atoms with E-state index in [9.17, 15) is 4.79 Å². The largest absolute Gasteiger partial charge is 0.462 e. The second-order valence-corrected chi connectivity index (χ2v) is 8.84. The molecule has 2 aliphatic heterocycles. The summed E-state index contributed by atoms with van der Waals surface area (Å²) in [6.07, 6.45) is 9.41. The number of rotatable bonds is 3. The fraction of sp³-hybridized carbons (Fsp3) is 0.824. The van der Waals surface area contributed by atoms with Gasteiger partial charge in [-0.25, -0.2) is 9.78 Å². The second kappa shape index (κ2) is 5.60. The minimum Gasteiger partial charge on any atom is -0.462 e. The number of hydrogen-bond acceptors (Lipinski definition) is 4. The number of carbonyl (C=O) groups is 1. The number of fused-ring (bicyclic) bond motifs is 2. The van der Waals surface area contributed by atoms with Gasteiger partial charge in [0.1, 0.15) is 12.2 Å². The average Bonchev–Trinajstić information content (AvgIpc) is 2.50. The first-order valence-corrected chi connectivity index (χ1v) is 9.03. The lowest BCUT2D eigenvalue weighted by molar-refractivity contribution is -0.441. The van der Waals surface area contributed by atoms with Crippen LogP contribution in [0.1, 0.15) is 52.9 Å². The molecule has 1 unspecified atom stereocenters. The van der Waals surface area contributed by atoms with Crippen molar-refractivity contribution in [2.24, 2.45) is 11.3 Å². The summed E-state index contributed by atoms with van der Waals surface area (Å²) < 4.78 is 5.12. The van der Waals surface area contributed by atoms with Crippen LogP contribution in [-0.2, 0) is 19.3 Å². The lowest BCUT2D eigenvalue weighted by Crippen LogP contribution is -2.56. The molecule has 0 spiro atoms. The van der Waals surface area contributed by atoms with E-state index in [0.717, 1.165) is 32.1 Å². The summed E-state index contributed by atoms with van der Waals surface area (Å²) in [5, 5.41) is 0. The maximum absolute atomic E-state index is 11.0. The number of halogens is 1. The smallest absolute Gasteiger partial charge is 0.302 e. The Balaban J connectivity index is 1.72. The average molecular weight is 373 g/mol. The highest BCUT2D eigenvalue weighted by molar-refractivity contribution is 9.09. The molecular formula is C17H25BrO4. The lowest BCUT2D eigenvalue weighted by Gasteiger charge is -2.53. The first-order chi connectivity index (χ1) is 10.3. The highest BCUT2D eigenvalue weighted by Gasteiger charge is 2.54. The maximum Gasteiger partial charge on any atom is 0.302 e. The minimum absolute atomic E-state index is 0.231. The molecular weight excluding hydrogens is 348 g/mol. The second-order valence-electron chi connectivity index (χ2n) is 7.73. The van der Waals surface area contributed by atoms with Crippen LogP contribution >= 0.6 is 15.9 Å². The van der Waals surface area contributed by atoms with E-state index in [4.69, 9.17) is 14.5 Å². The van der Waals surface area contributed by atoms with E-state index in [1.807, 2.05) is 0 Å².